The third-order valence-corrected chi connectivity index (χ3v) is 4.55. The molecular formula is C22H25N3O. The van der Waals surface area contributed by atoms with E-state index in [1.807, 2.05) is 31.2 Å². The zero-order valence-electron chi connectivity index (χ0n) is 15.7. The van der Waals surface area contributed by atoms with E-state index in [0.29, 0.717) is 0 Å². The van der Waals surface area contributed by atoms with E-state index >= 15 is 0 Å². The molecule has 1 unspecified atom stereocenters. The van der Waals surface area contributed by atoms with Gasteiger partial charge >= 0.3 is 6.03 Å². The van der Waals surface area contributed by atoms with Gasteiger partial charge in [0.2, 0.25) is 0 Å². The third kappa shape index (κ3) is 4.02. The summed E-state index contributed by atoms with van der Waals surface area (Å²) in [6, 6.07) is 15.8. The van der Waals surface area contributed by atoms with Crippen molar-refractivity contribution in [2.45, 2.75) is 39.2 Å². The van der Waals surface area contributed by atoms with Crippen molar-refractivity contribution in [2.75, 3.05) is 5.32 Å². The summed E-state index contributed by atoms with van der Waals surface area (Å²) in [5, 5.41) is 7.91. The molecule has 0 fully saturated rings. The summed E-state index contributed by atoms with van der Waals surface area (Å²) in [4.78, 5) is 16.5. The molecule has 4 nitrogen and oxygen atoms in total. The Bertz CT molecular complexity index is 905. The molecule has 0 radical (unpaired) electrons. The zero-order chi connectivity index (χ0) is 18.7. The topological polar surface area (TPSA) is 54.0 Å². The fourth-order valence-electron chi connectivity index (χ4n) is 2.94. The summed E-state index contributed by atoms with van der Waals surface area (Å²) in [5.74, 6) is 0. The summed E-state index contributed by atoms with van der Waals surface area (Å²) in [6.45, 7) is 8.56. The van der Waals surface area contributed by atoms with Crippen LogP contribution in [0.2, 0.25) is 0 Å². The van der Waals surface area contributed by atoms with Gasteiger partial charge in [-0.2, -0.15) is 0 Å². The highest BCUT2D eigenvalue weighted by Gasteiger charge is 2.15. The number of rotatable bonds is 3. The second kappa shape index (κ2) is 7.16. The van der Waals surface area contributed by atoms with E-state index in [0.717, 1.165) is 22.0 Å². The van der Waals surface area contributed by atoms with Crippen LogP contribution in [0, 0.1) is 0 Å². The number of anilines is 1. The maximum Gasteiger partial charge on any atom is 0.319 e. The van der Waals surface area contributed by atoms with Crippen molar-refractivity contribution in [3.05, 3.63) is 72.1 Å². The molecule has 1 heterocycles. The molecule has 0 aliphatic carbocycles. The highest BCUT2D eigenvalue weighted by molar-refractivity contribution is 6.01. The number of benzene rings is 2. The highest BCUT2D eigenvalue weighted by Crippen LogP contribution is 2.25. The van der Waals surface area contributed by atoms with Crippen LogP contribution in [-0.4, -0.2) is 11.0 Å². The first-order valence-electron chi connectivity index (χ1n) is 8.85. The molecule has 3 rings (SSSR count). The fourth-order valence-corrected chi connectivity index (χ4v) is 2.94. The average Bonchev–Trinajstić information content (AvgIpc) is 2.61. The van der Waals surface area contributed by atoms with Gasteiger partial charge in [0.25, 0.3) is 0 Å². The first-order chi connectivity index (χ1) is 12.3. The number of pyridine rings is 1. The van der Waals surface area contributed by atoms with Crippen molar-refractivity contribution in [1.29, 1.82) is 0 Å². The Morgan fingerprint density at radius 2 is 1.77 bits per heavy atom. The molecule has 0 saturated heterocycles. The third-order valence-electron chi connectivity index (χ3n) is 4.55. The number of amides is 2. The van der Waals surface area contributed by atoms with Gasteiger partial charge in [0.1, 0.15) is 0 Å². The largest absolute Gasteiger partial charge is 0.331 e. The second-order valence-electron chi connectivity index (χ2n) is 7.59. The van der Waals surface area contributed by atoms with E-state index in [2.05, 4.69) is 60.7 Å². The van der Waals surface area contributed by atoms with Crippen LogP contribution in [0.3, 0.4) is 0 Å². The molecular weight excluding hydrogens is 322 g/mol. The van der Waals surface area contributed by atoms with Gasteiger partial charge in [-0.15, -0.1) is 0 Å². The number of urea groups is 1. The van der Waals surface area contributed by atoms with E-state index in [1.54, 1.807) is 12.4 Å². The van der Waals surface area contributed by atoms with Gasteiger partial charge < -0.3 is 10.6 Å². The van der Waals surface area contributed by atoms with Crippen LogP contribution in [0.1, 0.15) is 44.9 Å². The summed E-state index contributed by atoms with van der Waals surface area (Å²) in [5.41, 5.74) is 3.26. The number of hydrogen-bond acceptors (Lipinski definition) is 2. The highest BCUT2D eigenvalue weighted by atomic mass is 16.2. The Labute approximate surface area is 154 Å². The van der Waals surface area contributed by atoms with E-state index in [4.69, 9.17) is 0 Å². The Hall–Kier alpha value is -2.88. The summed E-state index contributed by atoms with van der Waals surface area (Å²) in [7, 11) is 0. The van der Waals surface area contributed by atoms with E-state index < -0.39 is 0 Å². The first-order valence-corrected chi connectivity index (χ1v) is 8.85. The molecule has 3 aromatic rings. The summed E-state index contributed by atoms with van der Waals surface area (Å²) >= 11 is 0. The number of fused-ring (bicyclic) bond motifs is 1. The van der Waals surface area contributed by atoms with Crippen LogP contribution in [0.15, 0.2) is 60.9 Å². The quantitative estimate of drug-likeness (QED) is 0.665. The van der Waals surface area contributed by atoms with Gasteiger partial charge in [0.05, 0.1) is 11.7 Å². The second-order valence-corrected chi connectivity index (χ2v) is 7.59. The molecule has 2 aromatic carbocycles. The predicted molar refractivity (Wildman–Crippen MR) is 107 cm³/mol. The Balaban J connectivity index is 1.69. The minimum absolute atomic E-state index is 0.0827. The molecule has 0 bridgehead atoms. The van der Waals surface area contributed by atoms with Crippen LogP contribution in [-0.2, 0) is 5.41 Å². The van der Waals surface area contributed by atoms with E-state index in [-0.39, 0.29) is 17.5 Å². The Kier molecular flexibility index (Phi) is 4.94. The lowest BCUT2D eigenvalue weighted by atomic mass is 9.86. The van der Waals surface area contributed by atoms with Gasteiger partial charge in [0.15, 0.2) is 0 Å². The fraction of sp³-hybridized carbons (Fsp3) is 0.273. The van der Waals surface area contributed by atoms with Gasteiger partial charge in [0, 0.05) is 23.2 Å². The Morgan fingerprint density at radius 1 is 1.04 bits per heavy atom. The van der Waals surface area contributed by atoms with Crippen molar-refractivity contribution in [3.8, 4) is 0 Å². The molecule has 0 aliphatic heterocycles. The van der Waals surface area contributed by atoms with Gasteiger partial charge in [-0.3, -0.25) is 4.98 Å². The lowest BCUT2D eigenvalue weighted by Gasteiger charge is -2.21. The minimum atomic E-state index is -0.221. The van der Waals surface area contributed by atoms with Gasteiger partial charge in [-0.1, -0.05) is 57.2 Å². The van der Waals surface area contributed by atoms with Crippen molar-refractivity contribution in [2.24, 2.45) is 0 Å². The maximum absolute atomic E-state index is 12.4. The van der Waals surface area contributed by atoms with E-state index in [1.165, 1.54) is 5.56 Å². The number of carbonyl (C=O) groups is 1. The summed E-state index contributed by atoms with van der Waals surface area (Å²) < 4.78 is 0. The monoisotopic (exact) mass is 347 g/mol. The Morgan fingerprint density at radius 3 is 2.46 bits per heavy atom. The van der Waals surface area contributed by atoms with Gasteiger partial charge in [-0.05, 0) is 35.6 Å². The molecule has 0 saturated carbocycles. The normalized spacial score (nSPS) is 12.6. The number of nitrogens with zero attached hydrogens (tertiary/aromatic N) is 1. The van der Waals surface area contributed by atoms with Crippen molar-refractivity contribution in [3.63, 3.8) is 0 Å². The maximum atomic E-state index is 12.4. The number of nitrogens with one attached hydrogen (secondary N) is 2. The smallest absolute Gasteiger partial charge is 0.319 e. The molecule has 2 amide bonds. The van der Waals surface area contributed by atoms with Crippen LogP contribution in [0.4, 0.5) is 10.5 Å². The van der Waals surface area contributed by atoms with Crippen molar-refractivity contribution >= 4 is 22.5 Å². The van der Waals surface area contributed by atoms with Crippen LogP contribution in [0.25, 0.3) is 10.8 Å². The van der Waals surface area contributed by atoms with Crippen LogP contribution < -0.4 is 10.6 Å². The lowest BCUT2D eigenvalue weighted by molar-refractivity contribution is 0.249. The molecule has 0 aliphatic rings. The van der Waals surface area contributed by atoms with Crippen LogP contribution in [0.5, 0.6) is 0 Å². The van der Waals surface area contributed by atoms with E-state index in [9.17, 15) is 4.79 Å². The predicted octanol–water partition coefficient (Wildman–Crippen LogP) is 5.42. The molecule has 134 valence electrons. The van der Waals surface area contributed by atoms with Crippen molar-refractivity contribution < 1.29 is 4.79 Å². The lowest BCUT2D eigenvalue weighted by Crippen LogP contribution is -2.31. The van der Waals surface area contributed by atoms with Crippen molar-refractivity contribution in [1.82, 2.24) is 10.3 Å². The number of aromatic nitrogens is 1. The first kappa shape index (κ1) is 17.9. The molecule has 4 heteroatoms. The zero-order valence-corrected chi connectivity index (χ0v) is 15.7. The number of hydrogen-bond donors (Lipinski definition) is 2. The average molecular weight is 347 g/mol. The number of carbonyl (C=O) groups excluding carboxylic acids is 1. The molecule has 1 atom stereocenters. The summed E-state index contributed by atoms with van der Waals surface area (Å²) in [6.07, 6.45) is 3.52. The molecule has 1 aromatic heterocycles. The van der Waals surface area contributed by atoms with Gasteiger partial charge in [-0.25, -0.2) is 4.79 Å². The standard InChI is InChI=1S/C22H25N3O/c1-15(16-8-10-18(11-9-16)22(2,3)4)24-21(26)25-20-7-5-6-17-14-23-13-12-19(17)20/h5-15H,1-4H3,(H2,24,25,26). The molecule has 26 heavy (non-hydrogen) atoms. The molecule has 2 N–H and O–H groups in total. The van der Waals surface area contributed by atoms with Crippen LogP contribution >= 0.6 is 0 Å². The molecule has 0 spiro atoms. The minimum Gasteiger partial charge on any atom is -0.331 e. The SMILES string of the molecule is CC(NC(=O)Nc1cccc2cnccc12)c1ccc(C(C)(C)C)cc1.